The predicted octanol–water partition coefficient (Wildman–Crippen LogP) is 3.64. The van der Waals surface area contributed by atoms with Crippen molar-refractivity contribution in [2.75, 3.05) is 6.54 Å². The van der Waals surface area contributed by atoms with Crippen molar-refractivity contribution in [3.05, 3.63) is 70.2 Å². The van der Waals surface area contributed by atoms with Gasteiger partial charge in [-0.05, 0) is 37.1 Å². The van der Waals surface area contributed by atoms with Crippen molar-refractivity contribution in [1.82, 2.24) is 5.32 Å². The van der Waals surface area contributed by atoms with Gasteiger partial charge in [0.15, 0.2) is 5.78 Å². The molecule has 0 radical (unpaired) electrons. The Balaban J connectivity index is 1.85. The van der Waals surface area contributed by atoms with Crippen molar-refractivity contribution >= 4 is 23.3 Å². The summed E-state index contributed by atoms with van der Waals surface area (Å²) in [4.78, 5) is 24.2. The number of nitrogens with one attached hydrogen (secondary N) is 1. The second kappa shape index (κ2) is 8.28. The number of benzene rings is 2. The molecule has 25 heavy (non-hydrogen) atoms. The molecule has 0 heterocycles. The highest BCUT2D eigenvalue weighted by atomic mass is 35.5. The molecule has 0 aliphatic carbocycles. The molecule has 2 aromatic rings. The molecular weight excluding hydrogens is 338 g/mol. The Hall–Kier alpha value is -2.17. The predicted molar refractivity (Wildman–Crippen MR) is 98.8 cm³/mol. The van der Waals surface area contributed by atoms with E-state index in [0.717, 1.165) is 5.56 Å². The fourth-order valence-electron chi connectivity index (χ4n) is 2.52. The standard InChI is InChI=1S/C20H22ClNO3/c1-14-5-3-4-6-17(14)18(23)11-12-19(24)22-13-20(2,25)15-7-9-16(21)10-8-15/h3-10,25H,11-13H2,1-2H3,(H,22,24). The van der Waals surface area contributed by atoms with Gasteiger partial charge < -0.3 is 10.4 Å². The minimum atomic E-state index is -1.21. The molecule has 2 rings (SSSR count). The van der Waals surface area contributed by atoms with E-state index in [2.05, 4.69) is 5.32 Å². The molecule has 2 aromatic carbocycles. The summed E-state index contributed by atoms with van der Waals surface area (Å²) in [7, 11) is 0. The average molecular weight is 360 g/mol. The molecule has 1 amide bonds. The summed E-state index contributed by atoms with van der Waals surface area (Å²) in [5, 5.41) is 13.8. The van der Waals surface area contributed by atoms with E-state index in [1.54, 1.807) is 37.3 Å². The normalized spacial score (nSPS) is 13.1. The molecule has 0 fully saturated rings. The topological polar surface area (TPSA) is 66.4 Å². The molecule has 2 N–H and O–H groups in total. The van der Waals surface area contributed by atoms with Crippen LogP contribution in [0, 0.1) is 6.92 Å². The third kappa shape index (κ3) is 5.41. The number of aryl methyl sites for hydroxylation is 1. The molecule has 4 nitrogen and oxygen atoms in total. The van der Waals surface area contributed by atoms with Crippen LogP contribution in [0.4, 0.5) is 0 Å². The highest BCUT2D eigenvalue weighted by Gasteiger charge is 2.23. The SMILES string of the molecule is Cc1ccccc1C(=O)CCC(=O)NCC(C)(O)c1ccc(Cl)cc1. The fraction of sp³-hybridized carbons (Fsp3) is 0.300. The van der Waals surface area contributed by atoms with Crippen LogP contribution < -0.4 is 5.32 Å². The maximum Gasteiger partial charge on any atom is 0.220 e. The Morgan fingerprint density at radius 2 is 1.72 bits per heavy atom. The first-order valence-electron chi connectivity index (χ1n) is 8.13. The Labute approximate surface area is 152 Å². The minimum Gasteiger partial charge on any atom is -0.384 e. The van der Waals surface area contributed by atoms with Gasteiger partial charge in [0.1, 0.15) is 5.60 Å². The third-order valence-electron chi connectivity index (χ3n) is 4.12. The molecule has 0 saturated heterocycles. The van der Waals surface area contributed by atoms with Gasteiger partial charge in [-0.3, -0.25) is 9.59 Å². The monoisotopic (exact) mass is 359 g/mol. The van der Waals surface area contributed by atoms with Gasteiger partial charge in [0.2, 0.25) is 5.91 Å². The number of Topliss-reactive ketones (excluding diaryl/α,β-unsaturated/α-hetero) is 1. The molecule has 0 aliphatic rings. The molecule has 1 unspecified atom stereocenters. The van der Waals surface area contributed by atoms with Crippen molar-refractivity contribution in [1.29, 1.82) is 0 Å². The zero-order valence-electron chi connectivity index (χ0n) is 14.4. The maximum atomic E-state index is 12.2. The van der Waals surface area contributed by atoms with Crippen LogP contribution in [-0.2, 0) is 10.4 Å². The van der Waals surface area contributed by atoms with Crippen molar-refractivity contribution in [3.8, 4) is 0 Å². The number of carbonyl (C=O) groups is 2. The Morgan fingerprint density at radius 3 is 2.36 bits per heavy atom. The van der Waals surface area contributed by atoms with Gasteiger partial charge in [-0.1, -0.05) is 48.0 Å². The van der Waals surface area contributed by atoms with Crippen LogP contribution in [0.25, 0.3) is 0 Å². The van der Waals surface area contributed by atoms with Gasteiger partial charge >= 0.3 is 0 Å². The molecule has 0 aliphatic heterocycles. The molecule has 5 heteroatoms. The summed E-state index contributed by atoms with van der Waals surface area (Å²) >= 11 is 5.84. The van der Waals surface area contributed by atoms with Crippen LogP contribution in [0.3, 0.4) is 0 Å². The van der Waals surface area contributed by atoms with E-state index in [9.17, 15) is 14.7 Å². The van der Waals surface area contributed by atoms with E-state index in [4.69, 9.17) is 11.6 Å². The quantitative estimate of drug-likeness (QED) is 0.742. The van der Waals surface area contributed by atoms with E-state index in [0.29, 0.717) is 16.1 Å². The number of hydrogen-bond donors (Lipinski definition) is 2. The summed E-state index contributed by atoms with van der Waals surface area (Å²) in [6.45, 7) is 3.55. The van der Waals surface area contributed by atoms with Crippen molar-refractivity contribution in [2.24, 2.45) is 0 Å². The van der Waals surface area contributed by atoms with Crippen LogP contribution in [-0.4, -0.2) is 23.3 Å². The first-order valence-corrected chi connectivity index (χ1v) is 8.51. The van der Waals surface area contributed by atoms with E-state index in [1.807, 2.05) is 25.1 Å². The van der Waals surface area contributed by atoms with Gasteiger partial charge in [0, 0.05) is 23.4 Å². The van der Waals surface area contributed by atoms with E-state index in [1.165, 1.54) is 0 Å². The summed E-state index contributed by atoms with van der Waals surface area (Å²) in [6.07, 6.45) is 0.226. The number of hydrogen-bond acceptors (Lipinski definition) is 3. The molecule has 0 spiro atoms. The Kier molecular flexibility index (Phi) is 6.34. The Bertz CT molecular complexity index is 754. The Morgan fingerprint density at radius 1 is 1.08 bits per heavy atom. The number of carbonyl (C=O) groups excluding carboxylic acids is 2. The minimum absolute atomic E-state index is 0.0577. The smallest absolute Gasteiger partial charge is 0.220 e. The van der Waals surface area contributed by atoms with Crippen molar-refractivity contribution < 1.29 is 14.7 Å². The zero-order valence-corrected chi connectivity index (χ0v) is 15.1. The molecule has 0 bridgehead atoms. The summed E-state index contributed by atoms with van der Waals surface area (Å²) < 4.78 is 0. The first kappa shape index (κ1) is 19.2. The zero-order chi connectivity index (χ0) is 18.4. The van der Waals surface area contributed by atoms with Crippen molar-refractivity contribution in [3.63, 3.8) is 0 Å². The average Bonchev–Trinajstić information content (AvgIpc) is 2.59. The van der Waals surface area contributed by atoms with E-state index < -0.39 is 5.60 Å². The van der Waals surface area contributed by atoms with Crippen molar-refractivity contribution in [2.45, 2.75) is 32.3 Å². The highest BCUT2D eigenvalue weighted by Crippen LogP contribution is 2.21. The van der Waals surface area contributed by atoms with E-state index >= 15 is 0 Å². The summed E-state index contributed by atoms with van der Waals surface area (Å²) in [5.41, 5.74) is 0.996. The highest BCUT2D eigenvalue weighted by molar-refractivity contribution is 6.30. The lowest BCUT2D eigenvalue weighted by Gasteiger charge is -2.24. The fourth-order valence-corrected chi connectivity index (χ4v) is 2.64. The number of rotatable bonds is 7. The second-order valence-electron chi connectivity index (χ2n) is 6.30. The van der Waals surface area contributed by atoms with Crippen LogP contribution in [0.5, 0.6) is 0 Å². The first-order chi connectivity index (χ1) is 11.8. The van der Waals surface area contributed by atoms with Gasteiger partial charge in [-0.25, -0.2) is 0 Å². The van der Waals surface area contributed by atoms with Crippen LogP contribution >= 0.6 is 11.6 Å². The number of halogens is 1. The number of ketones is 1. The van der Waals surface area contributed by atoms with E-state index in [-0.39, 0.29) is 31.1 Å². The lowest BCUT2D eigenvalue weighted by Crippen LogP contribution is -2.38. The van der Waals surface area contributed by atoms with Gasteiger partial charge in [-0.2, -0.15) is 0 Å². The van der Waals surface area contributed by atoms with Gasteiger partial charge in [0.05, 0.1) is 6.54 Å². The molecular formula is C20H22ClNO3. The molecule has 1 atom stereocenters. The largest absolute Gasteiger partial charge is 0.384 e. The van der Waals surface area contributed by atoms with Crippen LogP contribution in [0.15, 0.2) is 48.5 Å². The van der Waals surface area contributed by atoms with Crippen LogP contribution in [0.2, 0.25) is 5.02 Å². The number of aliphatic hydroxyl groups is 1. The third-order valence-corrected chi connectivity index (χ3v) is 4.37. The summed E-state index contributed by atoms with van der Waals surface area (Å²) in [5.74, 6) is -0.325. The van der Waals surface area contributed by atoms with Gasteiger partial charge in [-0.15, -0.1) is 0 Å². The van der Waals surface area contributed by atoms with Crippen LogP contribution in [0.1, 0.15) is 41.3 Å². The van der Waals surface area contributed by atoms with Gasteiger partial charge in [0.25, 0.3) is 0 Å². The molecule has 0 saturated carbocycles. The molecule has 132 valence electrons. The number of amides is 1. The summed E-state index contributed by atoms with van der Waals surface area (Å²) in [6, 6.07) is 14.1. The second-order valence-corrected chi connectivity index (χ2v) is 6.73. The lowest BCUT2D eigenvalue weighted by molar-refractivity contribution is -0.122. The lowest BCUT2D eigenvalue weighted by atomic mass is 9.96. The maximum absolute atomic E-state index is 12.2. The molecule has 0 aromatic heterocycles.